The molecule has 3 aromatic rings. The molecule has 0 aliphatic rings. The number of aromatic nitrogens is 1. The number of hydrogen-bond donors (Lipinski definition) is 0. The Bertz CT molecular complexity index is 788. The second kappa shape index (κ2) is 4.07. The molecule has 0 saturated carbocycles. The summed E-state index contributed by atoms with van der Waals surface area (Å²) in [6.45, 7) is 1.97. The highest BCUT2D eigenvalue weighted by atomic mass is 32.1. The summed E-state index contributed by atoms with van der Waals surface area (Å²) in [4.78, 5) is 12.2. The summed E-state index contributed by atoms with van der Waals surface area (Å²) in [5.74, 6) is -0.381. The number of benzene rings is 2. The van der Waals surface area contributed by atoms with Gasteiger partial charge in [-0.3, -0.25) is 4.79 Å². The quantitative estimate of drug-likeness (QED) is 0.655. The molecule has 0 saturated heterocycles. The summed E-state index contributed by atoms with van der Waals surface area (Å²) in [6, 6.07) is 12.0. The highest BCUT2D eigenvalue weighted by molar-refractivity contribution is 7.14. The van der Waals surface area contributed by atoms with Crippen molar-refractivity contribution in [3.8, 4) is 5.69 Å². The van der Waals surface area contributed by atoms with Gasteiger partial charge in [-0.2, -0.15) is 0 Å². The van der Waals surface area contributed by atoms with Crippen LogP contribution in [-0.4, -0.2) is 3.96 Å². The van der Waals surface area contributed by atoms with Gasteiger partial charge in [0, 0.05) is 0 Å². The summed E-state index contributed by atoms with van der Waals surface area (Å²) in [6.07, 6.45) is 0. The van der Waals surface area contributed by atoms with Crippen molar-refractivity contribution >= 4 is 21.6 Å². The zero-order valence-corrected chi connectivity index (χ0v) is 10.5. The molecule has 0 aliphatic carbocycles. The molecule has 0 amide bonds. The monoisotopic (exact) mass is 259 g/mol. The summed E-state index contributed by atoms with van der Waals surface area (Å²) >= 11 is 1.33. The van der Waals surface area contributed by atoms with E-state index >= 15 is 0 Å². The second-order valence-corrected chi connectivity index (χ2v) is 5.16. The Balaban J connectivity index is 2.31. The van der Waals surface area contributed by atoms with Gasteiger partial charge in [-0.25, -0.2) is 8.35 Å². The molecule has 0 radical (unpaired) electrons. The Morgan fingerprint density at radius 1 is 1.17 bits per heavy atom. The third-order valence-corrected chi connectivity index (χ3v) is 3.89. The van der Waals surface area contributed by atoms with Crippen LogP contribution in [0.15, 0.2) is 47.3 Å². The van der Waals surface area contributed by atoms with E-state index in [4.69, 9.17) is 0 Å². The molecule has 90 valence electrons. The molecule has 0 unspecified atom stereocenters. The van der Waals surface area contributed by atoms with E-state index in [2.05, 4.69) is 0 Å². The highest BCUT2D eigenvalue weighted by Crippen LogP contribution is 2.21. The van der Waals surface area contributed by atoms with Crippen LogP contribution in [-0.2, 0) is 0 Å². The Kier molecular flexibility index (Phi) is 2.52. The summed E-state index contributed by atoms with van der Waals surface area (Å²) in [7, 11) is 0. The lowest BCUT2D eigenvalue weighted by atomic mass is 10.2. The van der Waals surface area contributed by atoms with E-state index in [-0.39, 0.29) is 11.4 Å². The van der Waals surface area contributed by atoms with Crippen LogP contribution < -0.4 is 5.56 Å². The van der Waals surface area contributed by atoms with Gasteiger partial charge in [0.25, 0.3) is 5.56 Å². The van der Waals surface area contributed by atoms with Crippen LogP contribution in [0.3, 0.4) is 0 Å². The fourth-order valence-electron chi connectivity index (χ4n) is 1.92. The lowest BCUT2D eigenvalue weighted by Crippen LogP contribution is -2.10. The van der Waals surface area contributed by atoms with Gasteiger partial charge in [0.05, 0.1) is 15.8 Å². The summed E-state index contributed by atoms with van der Waals surface area (Å²) in [5.41, 5.74) is 1.74. The molecule has 2 nitrogen and oxygen atoms in total. The summed E-state index contributed by atoms with van der Waals surface area (Å²) in [5, 5.41) is 0.432. The van der Waals surface area contributed by atoms with Crippen LogP contribution in [0.4, 0.5) is 4.39 Å². The molecule has 3 rings (SSSR count). The van der Waals surface area contributed by atoms with Gasteiger partial charge in [0.1, 0.15) is 5.82 Å². The van der Waals surface area contributed by atoms with E-state index in [0.717, 1.165) is 16.0 Å². The minimum atomic E-state index is -0.381. The average molecular weight is 259 g/mol. The minimum Gasteiger partial charge on any atom is -0.267 e. The molecular weight excluding hydrogens is 249 g/mol. The fraction of sp³-hybridized carbons (Fsp3) is 0.0714. The Labute approximate surface area is 107 Å². The van der Waals surface area contributed by atoms with Crippen molar-refractivity contribution in [2.45, 2.75) is 6.92 Å². The van der Waals surface area contributed by atoms with Crippen molar-refractivity contribution in [2.75, 3.05) is 0 Å². The molecule has 1 aromatic heterocycles. The molecule has 0 fully saturated rings. The van der Waals surface area contributed by atoms with Gasteiger partial charge < -0.3 is 0 Å². The zero-order valence-electron chi connectivity index (χ0n) is 9.68. The third-order valence-electron chi connectivity index (χ3n) is 2.78. The van der Waals surface area contributed by atoms with Gasteiger partial charge in [0.2, 0.25) is 0 Å². The van der Waals surface area contributed by atoms with E-state index in [1.54, 1.807) is 10.0 Å². The molecule has 0 N–H and O–H groups in total. The first-order valence-corrected chi connectivity index (χ1v) is 6.31. The van der Waals surface area contributed by atoms with Crippen LogP contribution in [0, 0.1) is 12.7 Å². The lowest BCUT2D eigenvalue weighted by molar-refractivity contribution is 0.629. The predicted molar refractivity (Wildman–Crippen MR) is 72.1 cm³/mol. The maximum Gasteiger partial charge on any atom is 0.273 e. The zero-order chi connectivity index (χ0) is 12.7. The van der Waals surface area contributed by atoms with E-state index < -0.39 is 0 Å². The smallest absolute Gasteiger partial charge is 0.267 e. The largest absolute Gasteiger partial charge is 0.273 e. The highest BCUT2D eigenvalue weighted by Gasteiger charge is 2.09. The first-order chi connectivity index (χ1) is 8.65. The van der Waals surface area contributed by atoms with Crippen LogP contribution in [0.1, 0.15) is 5.56 Å². The summed E-state index contributed by atoms with van der Waals surface area (Å²) < 4.78 is 15.5. The van der Waals surface area contributed by atoms with Crippen molar-refractivity contribution in [1.29, 1.82) is 0 Å². The number of hydrogen-bond acceptors (Lipinski definition) is 2. The first kappa shape index (κ1) is 11.2. The van der Waals surface area contributed by atoms with Gasteiger partial charge in [-0.1, -0.05) is 23.7 Å². The van der Waals surface area contributed by atoms with Crippen molar-refractivity contribution < 1.29 is 4.39 Å². The SMILES string of the molecule is Cc1cccc(-n2sc3ccc(F)cc3c2=O)c1. The van der Waals surface area contributed by atoms with Crippen LogP contribution in [0.2, 0.25) is 0 Å². The van der Waals surface area contributed by atoms with Gasteiger partial charge in [-0.15, -0.1) is 0 Å². The predicted octanol–water partition coefficient (Wildman–Crippen LogP) is 3.50. The van der Waals surface area contributed by atoms with Crippen molar-refractivity contribution in [1.82, 2.24) is 3.96 Å². The molecule has 0 atom stereocenters. The van der Waals surface area contributed by atoms with E-state index in [1.807, 2.05) is 31.2 Å². The molecule has 2 aromatic carbocycles. The van der Waals surface area contributed by atoms with Gasteiger partial charge in [-0.05, 0) is 42.8 Å². The lowest BCUT2D eigenvalue weighted by Gasteiger charge is -2.00. The maximum absolute atomic E-state index is 13.1. The molecule has 0 bridgehead atoms. The van der Waals surface area contributed by atoms with Crippen LogP contribution in [0.25, 0.3) is 15.8 Å². The number of fused-ring (bicyclic) bond motifs is 1. The first-order valence-electron chi connectivity index (χ1n) is 5.54. The van der Waals surface area contributed by atoms with Crippen LogP contribution >= 0.6 is 11.5 Å². The normalized spacial score (nSPS) is 11.0. The Hall–Kier alpha value is -1.94. The standard InChI is InChI=1S/C14H10FNOS/c1-9-3-2-4-11(7-9)16-14(17)12-8-10(15)5-6-13(12)18-16/h2-8H,1H3. The van der Waals surface area contributed by atoms with Gasteiger partial charge in [0.15, 0.2) is 0 Å². The fourth-order valence-corrected chi connectivity index (χ4v) is 2.89. The van der Waals surface area contributed by atoms with Crippen molar-refractivity contribution in [3.63, 3.8) is 0 Å². The number of rotatable bonds is 1. The molecule has 4 heteroatoms. The number of halogens is 1. The van der Waals surface area contributed by atoms with E-state index in [1.165, 1.54) is 23.7 Å². The van der Waals surface area contributed by atoms with Gasteiger partial charge >= 0.3 is 0 Å². The number of aryl methyl sites for hydroxylation is 1. The molecule has 18 heavy (non-hydrogen) atoms. The molecule has 0 aliphatic heterocycles. The molecular formula is C14H10FNOS. The Morgan fingerprint density at radius 2 is 2.00 bits per heavy atom. The minimum absolute atomic E-state index is 0.167. The van der Waals surface area contributed by atoms with Crippen molar-refractivity contribution in [3.05, 3.63) is 64.2 Å². The second-order valence-electron chi connectivity index (χ2n) is 4.17. The van der Waals surface area contributed by atoms with E-state index in [9.17, 15) is 9.18 Å². The topological polar surface area (TPSA) is 22.0 Å². The third kappa shape index (κ3) is 1.75. The maximum atomic E-state index is 13.1. The van der Waals surface area contributed by atoms with Crippen LogP contribution in [0.5, 0.6) is 0 Å². The van der Waals surface area contributed by atoms with E-state index in [0.29, 0.717) is 5.39 Å². The van der Waals surface area contributed by atoms with Crippen molar-refractivity contribution in [2.24, 2.45) is 0 Å². The molecule has 0 spiro atoms. The average Bonchev–Trinajstić information content (AvgIpc) is 2.67. The Morgan fingerprint density at radius 3 is 2.78 bits per heavy atom. The number of nitrogens with zero attached hydrogens (tertiary/aromatic N) is 1. The molecule has 1 heterocycles.